The average Bonchev–Trinajstić information content (AvgIpc) is 2.67. The fourth-order valence-electron chi connectivity index (χ4n) is 0.877. The van der Waals surface area contributed by atoms with Gasteiger partial charge in [0.05, 0.1) is 0 Å². The number of allylic oxidation sites excluding steroid dienone is 2. The van der Waals surface area contributed by atoms with Gasteiger partial charge < -0.3 is 6.08 Å². The summed E-state index contributed by atoms with van der Waals surface area (Å²) in [5, 5.41) is 0.753. The second-order valence-electron chi connectivity index (χ2n) is 2.49. The van der Waals surface area contributed by atoms with Crippen molar-refractivity contribution in [3.63, 3.8) is 0 Å². The predicted molar refractivity (Wildman–Crippen MR) is 53.5 cm³/mol. The van der Waals surface area contributed by atoms with Gasteiger partial charge in [-0.2, -0.15) is 24.6 Å². The van der Waals surface area contributed by atoms with Crippen LogP contribution in [0.4, 0.5) is 0 Å². The second kappa shape index (κ2) is 7.57. The van der Waals surface area contributed by atoms with Crippen molar-refractivity contribution in [1.29, 1.82) is 0 Å². The molecule has 13 heavy (non-hydrogen) atoms. The topological polar surface area (TPSA) is 0 Å². The quantitative estimate of drug-likeness (QED) is 0.492. The van der Waals surface area contributed by atoms with Gasteiger partial charge in [0.15, 0.2) is 0 Å². The maximum Gasteiger partial charge on any atom is 2.00 e. The summed E-state index contributed by atoms with van der Waals surface area (Å²) in [6, 6.07) is 10.0. The van der Waals surface area contributed by atoms with Crippen LogP contribution in [-0.4, -0.2) is 5.38 Å². The van der Waals surface area contributed by atoms with Crippen LogP contribution >= 0.6 is 23.2 Å². The summed E-state index contributed by atoms with van der Waals surface area (Å²) in [7, 11) is 0. The number of rotatable bonds is 0. The molecule has 0 N–H and O–H groups in total. The number of alkyl halides is 1. The van der Waals surface area contributed by atoms with Crippen molar-refractivity contribution in [3.05, 3.63) is 41.4 Å². The van der Waals surface area contributed by atoms with Crippen LogP contribution in [0, 0.1) is 6.08 Å². The first-order valence-corrected chi connectivity index (χ1v) is 4.69. The van der Waals surface area contributed by atoms with Crippen LogP contribution in [0.25, 0.3) is 0 Å². The van der Waals surface area contributed by atoms with E-state index in [-0.39, 0.29) is 22.2 Å². The fraction of sp³-hybridized carbons (Fsp3) is 0.300. The zero-order valence-electron chi connectivity index (χ0n) is 6.97. The standard InChI is InChI=1S/C5H5Cl2.C5H5.Co/c6-4-2-1-3-5(4)7;1-2-4-5-3-1;/h4H,1-2H2;1-5H;/q2*-1;+2. The van der Waals surface area contributed by atoms with Crippen LogP contribution in [0.2, 0.25) is 0 Å². The van der Waals surface area contributed by atoms with E-state index in [0.29, 0.717) is 5.03 Å². The predicted octanol–water partition coefficient (Wildman–Crippen LogP) is 3.72. The smallest absolute Gasteiger partial charge is 0.480 e. The van der Waals surface area contributed by atoms with Crippen molar-refractivity contribution >= 4 is 23.2 Å². The van der Waals surface area contributed by atoms with Gasteiger partial charge >= 0.3 is 16.8 Å². The molecule has 73 valence electrons. The van der Waals surface area contributed by atoms with Crippen LogP contribution in [0.3, 0.4) is 0 Å². The number of hydrogen-bond donors (Lipinski definition) is 0. The molecule has 1 aliphatic rings. The van der Waals surface area contributed by atoms with E-state index >= 15 is 0 Å². The molecule has 1 unspecified atom stereocenters. The summed E-state index contributed by atoms with van der Waals surface area (Å²) >= 11 is 11.2. The third-order valence-electron chi connectivity index (χ3n) is 1.52. The van der Waals surface area contributed by atoms with Crippen molar-refractivity contribution in [3.8, 4) is 0 Å². The Morgan fingerprint density at radius 3 is 2.15 bits per heavy atom. The SMILES string of the molecule is ClC1=[C-]CCC1Cl.[Co+2].c1cc[cH-]c1. The summed E-state index contributed by atoms with van der Waals surface area (Å²) in [6.07, 6.45) is 4.80. The third-order valence-corrected chi connectivity index (χ3v) is 2.47. The van der Waals surface area contributed by atoms with E-state index in [1.165, 1.54) is 0 Å². The molecule has 0 saturated heterocycles. The van der Waals surface area contributed by atoms with E-state index in [4.69, 9.17) is 23.2 Å². The van der Waals surface area contributed by atoms with Crippen LogP contribution < -0.4 is 0 Å². The van der Waals surface area contributed by atoms with Gasteiger partial charge in [-0.05, 0) is 0 Å². The van der Waals surface area contributed by atoms with E-state index in [2.05, 4.69) is 6.08 Å². The molecule has 0 aliphatic heterocycles. The monoisotopic (exact) mass is 259 g/mol. The molecule has 0 fully saturated rings. The zero-order valence-corrected chi connectivity index (χ0v) is 9.52. The zero-order chi connectivity index (χ0) is 8.81. The molecule has 0 aromatic heterocycles. The number of halogens is 2. The van der Waals surface area contributed by atoms with E-state index in [9.17, 15) is 0 Å². The van der Waals surface area contributed by atoms with Crippen LogP contribution in [0.5, 0.6) is 0 Å². The minimum Gasteiger partial charge on any atom is -0.480 e. The third kappa shape index (κ3) is 5.47. The minimum atomic E-state index is 0. The molecule has 1 radical (unpaired) electrons. The van der Waals surface area contributed by atoms with Crippen LogP contribution in [0.1, 0.15) is 12.8 Å². The Kier molecular flexibility index (Phi) is 7.67. The van der Waals surface area contributed by atoms with Crippen molar-refractivity contribution in [2.45, 2.75) is 18.2 Å². The summed E-state index contributed by atoms with van der Waals surface area (Å²) in [6.45, 7) is 0. The molecule has 0 heterocycles. The van der Waals surface area contributed by atoms with Gasteiger partial charge in [0, 0.05) is 5.38 Å². The van der Waals surface area contributed by atoms with Gasteiger partial charge in [-0.3, -0.25) is 0 Å². The molecule has 0 bridgehead atoms. The first kappa shape index (κ1) is 13.2. The van der Waals surface area contributed by atoms with Crippen LogP contribution in [-0.2, 0) is 16.8 Å². The first-order valence-electron chi connectivity index (χ1n) is 3.87. The molecule has 1 aliphatic carbocycles. The Morgan fingerprint density at radius 2 is 2.00 bits per heavy atom. The van der Waals surface area contributed by atoms with E-state index in [1.807, 2.05) is 30.3 Å². The van der Waals surface area contributed by atoms with Crippen molar-refractivity contribution in [1.82, 2.24) is 0 Å². The molecule has 0 saturated carbocycles. The van der Waals surface area contributed by atoms with Crippen molar-refractivity contribution in [2.75, 3.05) is 0 Å². The molecule has 1 aromatic carbocycles. The van der Waals surface area contributed by atoms with Gasteiger partial charge in [0.25, 0.3) is 0 Å². The Balaban J connectivity index is 0.000000215. The molecule has 0 spiro atoms. The molecule has 1 atom stereocenters. The molecule has 0 nitrogen and oxygen atoms in total. The summed E-state index contributed by atoms with van der Waals surface area (Å²) < 4.78 is 0. The minimum absolute atomic E-state index is 0. The number of hydrogen-bond acceptors (Lipinski definition) is 0. The van der Waals surface area contributed by atoms with E-state index in [0.717, 1.165) is 12.8 Å². The van der Waals surface area contributed by atoms with E-state index < -0.39 is 0 Å². The summed E-state index contributed by atoms with van der Waals surface area (Å²) in [4.78, 5) is 0. The fourth-order valence-corrected chi connectivity index (χ4v) is 1.27. The normalized spacial score (nSPS) is 19.5. The van der Waals surface area contributed by atoms with Gasteiger partial charge in [-0.15, -0.1) is 28.2 Å². The Hall–Kier alpha value is 0.176. The Bertz CT molecular complexity index is 212. The summed E-state index contributed by atoms with van der Waals surface area (Å²) in [5.41, 5.74) is 0. The Labute approximate surface area is 99.5 Å². The van der Waals surface area contributed by atoms with Gasteiger partial charge in [-0.25, -0.2) is 12.1 Å². The van der Waals surface area contributed by atoms with Crippen molar-refractivity contribution < 1.29 is 16.8 Å². The van der Waals surface area contributed by atoms with Crippen molar-refractivity contribution in [2.24, 2.45) is 0 Å². The molecular weight excluding hydrogens is 250 g/mol. The molecular formula is C10H10Cl2Co. The maximum absolute atomic E-state index is 5.63. The molecule has 2 rings (SSSR count). The molecule has 1 aromatic rings. The largest absolute Gasteiger partial charge is 2.00 e. The molecule has 3 heteroatoms. The van der Waals surface area contributed by atoms with Crippen LogP contribution in [0.15, 0.2) is 35.4 Å². The maximum atomic E-state index is 5.63. The van der Waals surface area contributed by atoms with Gasteiger partial charge in [0.1, 0.15) is 0 Å². The molecule has 0 amide bonds. The first-order chi connectivity index (χ1) is 5.80. The van der Waals surface area contributed by atoms with E-state index in [1.54, 1.807) is 0 Å². The second-order valence-corrected chi connectivity index (χ2v) is 3.43. The summed E-state index contributed by atoms with van der Waals surface area (Å²) in [5.74, 6) is 0. The Morgan fingerprint density at radius 1 is 1.38 bits per heavy atom. The van der Waals surface area contributed by atoms with Gasteiger partial charge in [0.2, 0.25) is 0 Å². The van der Waals surface area contributed by atoms with Gasteiger partial charge in [-0.1, -0.05) is 6.42 Å². The average molecular weight is 260 g/mol.